The first kappa shape index (κ1) is 9.02. The number of aromatic nitrogens is 1. The van der Waals surface area contributed by atoms with E-state index in [0.717, 1.165) is 16.6 Å². The topological polar surface area (TPSA) is 37.3 Å². The molecule has 1 aliphatic heterocycles. The van der Waals surface area contributed by atoms with E-state index in [1.807, 2.05) is 10.9 Å². The summed E-state index contributed by atoms with van der Waals surface area (Å²) in [4.78, 5) is 8.60. The van der Waals surface area contributed by atoms with Gasteiger partial charge in [-0.1, -0.05) is 11.8 Å². The molecular weight excluding hydrogens is 202 g/mol. The van der Waals surface area contributed by atoms with Gasteiger partial charge in [0, 0.05) is 17.2 Å². The molecule has 1 saturated heterocycles. The van der Waals surface area contributed by atoms with Gasteiger partial charge in [-0.25, -0.2) is 4.98 Å². The van der Waals surface area contributed by atoms with Crippen molar-refractivity contribution in [2.45, 2.75) is 19.5 Å². The summed E-state index contributed by atoms with van der Waals surface area (Å²) in [7, 11) is 0. The molecule has 1 fully saturated rings. The van der Waals surface area contributed by atoms with Gasteiger partial charge in [0.2, 0.25) is 0 Å². The van der Waals surface area contributed by atoms with Crippen LogP contribution in [0.15, 0.2) is 15.9 Å². The third kappa shape index (κ3) is 2.45. The van der Waals surface area contributed by atoms with Crippen molar-refractivity contribution in [3.8, 4) is 0 Å². The summed E-state index contributed by atoms with van der Waals surface area (Å²) in [6, 6.07) is 0.555. The second kappa shape index (κ2) is 4.11. The van der Waals surface area contributed by atoms with E-state index in [0.29, 0.717) is 12.6 Å². The standard InChI is InChI=1S/C8H11N3S2/c1-6-3-13-8(11-6)9-2-7-4-12-5-10-7/h4-6H,2-3H2,1H3,(H,9,11). The summed E-state index contributed by atoms with van der Waals surface area (Å²) < 4.78 is 0. The summed E-state index contributed by atoms with van der Waals surface area (Å²) in [5, 5.41) is 6.40. The second-order valence-electron chi connectivity index (χ2n) is 2.96. The van der Waals surface area contributed by atoms with Gasteiger partial charge in [0.05, 0.1) is 17.7 Å². The lowest BCUT2D eigenvalue weighted by Crippen LogP contribution is -2.23. The van der Waals surface area contributed by atoms with Gasteiger partial charge < -0.3 is 5.32 Å². The number of amidine groups is 1. The predicted octanol–water partition coefficient (Wildman–Crippen LogP) is 1.72. The van der Waals surface area contributed by atoms with Gasteiger partial charge in [-0.2, -0.15) is 0 Å². The van der Waals surface area contributed by atoms with Gasteiger partial charge >= 0.3 is 0 Å². The molecule has 5 heteroatoms. The van der Waals surface area contributed by atoms with Crippen molar-refractivity contribution in [1.82, 2.24) is 10.3 Å². The Kier molecular flexibility index (Phi) is 2.85. The highest BCUT2D eigenvalue weighted by atomic mass is 32.2. The molecule has 13 heavy (non-hydrogen) atoms. The van der Waals surface area contributed by atoms with Gasteiger partial charge in [-0.15, -0.1) is 11.3 Å². The Hall–Kier alpha value is -0.550. The van der Waals surface area contributed by atoms with Gasteiger partial charge in [-0.05, 0) is 6.92 Å². The fraction of sp³-hybridized carbons (Fsp3) is 0.500. The molecule has 1 aromatic heterocycles. The number of nitrogens with zero attached hydrogens (tertiary/aromatic N) is 2. The molecule has 0 radical (unpaired) electrons. The molecule has 1 unspecified atom stereocenters. The number of thiazole rings is 1. The smallest absolute Gasteiger partial charge is 0.157 e. The molecule has 0 amide bonds. The molecule has 1 aromatic rings. The van der Waals surface area contributed by atoms with Gasteiger partial charge in [0.15, 0.2) is 5.17 Å². The first-order valence-electron chi connectivity index (χ1n) is 4.15. The Morgan fingerprint density at radius 3 is 3.31 bits per heavy atom. The Bertz CT molecular complexity index is 294. The van der Waals surface area contributed by atoms with Crippen LogP contribution in [0.4, 0.5) is 0 Å². The SMILES string of the molecule is CC1CSC(=NCc2cscn2)N1. The predicted molar refractivity (Wildman–Crippen MR) is 58.3 cm³/mol. The van der Waals surface area contributed by atoms with Crippen molar-refractivity contribution >= 4 is 28.3 Å². The summed E-state index contributed by atoms with van der Waals surface area (Å²) >= 11 is 3.40. The quantitative estimate of drug-likeness (QED) is 0.813. The molecule has 0 bridgehead atoms. The van der Waals surface area contributed by atoms with E-state index >= 15 is 0 Å². The van der Waals surface area contributed by atoms with E-state index in [4.69, 9.17) is 0 Å². The normalized spacial score (nSPS) is 25.0. The van der Waals surface area contributed by atoms with Crippen molar-refractivity contribution in [1.29, 1.82) is 0 Å². The van der Waals surface area contributed by atoms with Crippen LogP contribution in [0.5, 0.6) is 0 Å². The Balaban J connectivity index is 1.91. The van der Waals surface area contributed by atoms with E-state index in [-0.39, 0.29) is 0 Å². The van der Waals surface area contributed by atoms with Crippen LogP contribution in [-0.2, 0) is 6.54 Å². The Labute approximate surface area is 85.7 Å². The van der Waals surface area contributed by atoms with Crippen LogP contribution in [0.25, 0.3) is 0 Å². The third-order valence-electron chi connectivity index (χ3n) is 1.71. The monoisotopic (exact) mass is 213 g/mol. The van der Waals surface area contributed by atoms with Crippen LogP contribution < -0.4 is 5.32 Å². The zero-order valence-corrected chi connectivity index (χ0v) is 8.99. The van der Waals surface area contributed by atoms with Crippen molar-refractivity contribution in [3.63, 3.8) is 0 Å². The van der Waals surface area contributed by atoms with Crippen LogP contribution in [0.2, 0.25) is 0 Å². The number of rotatable bonds is 2. The average molecular weight is 213 g/mol. The summed E-state index contributed by atoms with van der Waals surface area (Å²) in [5.74, 6) is 1.12. The molecular formula is C8H11N3S2. The highest BCUT2D eigenvalue weighted by molar-refractivity contribution is 8.14. The van der Waals surface area contributed by atoms with E-state index in [1.165, 1.54) is 0 Å². The Morgan fingerprint density at radius 1 is 1.77 bits per heavy atom. The molecule has 70 valence electrons. The van der Waals surface area contributed by atoms with Crippen LogP contribution in [-0.4, -0.2) is 21.9 Å². The fourth-order valence-electron chi connectivity index (χ4n) is 1.06. The maximum absolute atomic E-state index is 4.43. The zero-order valence-electron chi connectivity index (χ0n) is 7.36. The lowest BCUT2D eigenvalue weighted by atomic mass is 10.4. The Morgan fingerprint density at radius 2 is 2.69 bits per heavy atom. The average Bonchev–Trinajstić information content (AvgIpc) is 2.71. The number of thioether (sulfide) groups is 1. The number of hydrogen-bond acceptors (Lipinski definition) is 4. The maximum atomic E-state index is 4.43. The molecule has 0 aromatic carbocycles. The molecule has 0 spiro atoms. The first-order valence-corrected chi connectivity index (χ1v) is 6.08. The highest BCUT2D eigenvalue weighted by Gasteiger charge is 2.14. The maximum Gasteiger partial charge on any atom is 0.157 e. The minimum atomic E-state index is 0.555. The zero-order chi connectivity index (χ0) is 9.10. The summed E-state index contributed by atoms with van der Waals surface area (Å²) in [6.07, 6.45) is 0. The molecule has 0 aliphatic carbocycles. The molecule has 2 heterocycles. The second-order valence-corrected chi connectivity index (χ2v) is 4.68. The largest absolute Gasteiger partial charge is 0.362 e. The van der Waals surface area contributed by atoms with Crippen LogP contribution >= 0.6 is 23.1 Å². The third-order valence-corrected chi connectivity index (χ3v) is 3.53. The summed E-state index contributed by atoms with van der Waals surface area (Å²) in [5.41, 5.74) is 2.90. The fourth-order valence-corrected chi connectivity index (χ4v) is 2.54. The van der Waals surface area contributed by atoms with Crippen molar-refractivity contribution in [2.75, 3.05) is 5.75 Å². The first-order chi connectivity index (χ1) is 6.34. The minimum Gasteiger partial charge on any atom is -0.362 e. The van der Waals surface area contributed by atoms with Crippen LogP contribution in [0.1, 0.15) is 12.6 Å². The molecule has 1 N–H and O–H groups in total. The lowest BCUT2D eigenvalue weighted by molar-refractivity contribution is 0.764. The number of hydrogen-bond donors (Lipinski definition) is 1. The lowest BCUT2D eigenvalue weighted by Gasteiger charge is -1.99. The highest BCUT2D eigenvalue weighted by Crippen LogP contribution is 2.14. The van der Waals surface area contributed by atoms with E-state index in [1.54, 1.807) is 23.1 Å². The summed E-state index contributed by atoms with van der Waals surface area (Å²) in [6.45, 7) is 2.86. The van der Waals surface area contributed by atoms with Gasteiger partial charge in [0.1, 0.15) is 0 Å². The van der Waals surface area contributed by atoms with E-state index < -0.39 is 0 Å². The van der Waals surface area contributed by atoms with Gasteiger partial charge in [0.25, 0.3) is 0 Å². The van der Waals surface area contributed by atoms with Gasteiger partial charge in [-0.3, -0.25) is 4.99 Å². The van der Waals surface area contributed by atoms with E-state index in [2.05, 4.69) is 22.2 Å². The molecule has 3 nitrogen and oxygen atoms in total. The number of nitrogens with one attached hydrogen (secondary N) is 1. The van der Waals surface area contributed by atoms with E-state index in [9.17, 15) is 0 Å². The van der Waals surface area contributed by atoms with Crippen molar-refractivity contribution < 1.29 is 0 Å². The molecule has 2 rings (SSSR count). The van der Waals surface area contributed by atoms with Crippen molar-refractivity contribution in [3.05, 3.63) is 16.6 Å². The molecule has 1 aliphatic rings. The van der Waals surface area contributed by atoms with Crippen LogP contribution in [0, 0.1) is 0 Å². The minimum absolute atomic E-state index is 0.555. The molecule has 0 saturated carbocycles. The van der Waals surface area contributed by atoms with Crippen LogP contribution in [0.3, 0.4) is 0 Å². The molecule has 1 atom stereocenters. The van der Waals surface area contributed by atoms with Crippen molar-refractivity contribution in [2.24, 2.45) is 4.99 Å². The number of aliphatic imine (C=N–C) groups is 1.